The van der Waals surface area contributed by atoms with E-state index in [2.05, 4.69) is 22.9 Å². The average Bonchev–Trinajstić information content (AvgIpc) is 1.22. The minimum absolute atomic E-state index is 0.0156. The lowest BCUT2D eigenvalue weighted by Gasteiger charge is -2.45. The third-order valence-electron chi connectivity index (χ3n) is 22.0. The first-order chi connectivity index (χ1) is 44.0. The molecule has 26 heteroatoms. The van der Waals surface area contributed by atoms with Crippen LogP contribution in [0, 0.1) is 41.4 Å². The van der Waals surface area contributed by atoms with Gasteiger partial charge < -0.3 is 55.1 Å². The summed E-state index contributed by atoms with van der Waals surface area (Å²) in [4.78, 5) is 173. The lowest BCUT2D eigenvalue weighted by Crippen LogP contribution is -2.65. The van der Waals surface area contributed by atoms with E-state index in [1.807, 2.05) is 20.8 Å². The number of carbonyl (C=O) groups excluding carboxylic acids is 11. The molecule has 3 N–H and O–H groups in total. The standard InChI is InChI=1S/C68H111ClF3N11O11/c1-16-42(7)56-64(92)78(12)44(9)60(88)83-33-29-51(83)63(91)80(14)53(37-46-23-21-41(6)22-24-46)62(90)76(10)38-54(84)73-49(28-26-45-25-27-47(48(69)36-45)68(70,71)72)61(89)82-32-19-20-50(82)59(87)75-67(30-17-18-31-67)66(94)81(15)57(40(4)5)65(93)77(11)43(8)35-55(85)79(13)52(34-39(2)3)58(86)74-56/h39-53,56-57H,16-38H2,1-15H3,(H,73,84)(H,74,86)(H,75,87)/t41?,42-,43+,44-,45?,46?,47?,48?,49-,50-,51-,52-,53-,56-,57-/m0/s1. The minimum atomic E-state index is -4.49. The fourth-order valence-corrected chi connectivity index (χ4v) is 15.7. The van der Waals surface area contributed by atoms with Gasteiger partial charge in [0.15, 0.2) is 0 Å². The summed E-state index contributed by atoms with van der Waals surface area (Å²) < 4.78 is 41.9. The molecule has 3 heterocycles. The minimum Gasteiger partial charge on any atom is -0.343 e. The molecule has 6 aliphatic rings. The van der Waals surface area contributed by atoms with Gasteiger partial charge in [-0.3, -0.25) is 52.7 Å². The molecule has 0 aromatic rings. The Hall–Kier alpha value is -5.75. The van der Waals surface area contributed by atoms with Crippen molar-refractivity contribution in [3.63, 3.8) is 0 Å². The number of likely N-dealkylation sites (N-methyl/N-ethyl adjacent to an activating group) is 6. The third-order valence-corrected chi connectivity index (χ3v) is 22.5. The van der Waals surface area contributed by atoms with Crippen molar-refractivity contribution < 1.29 is 65.9 Å². The predicted molar refractivity (Wildman–Crippen MR) is 350 cm³/mol. The number of nitrogens with zero attached hydrogens (tertiary/aromatic N) is 8. The predicted octanol–water partition coefficient (Wildman–Crippen LogP) is 6.34. The summed E-state index contributed by atoms with van der Waals surface area (Å²) in [7, 11) is 8.94. The summed E-state index contributed by atoms with van der Waals surface area (Å²) in [6, 6.07) is -9.64. The SMILES string of the molecule is CC[C@H](C)[C@@H]1NC(=O)[C@H](CC(C)C)N(C)C(=O)C[C@@H](C)N(C)C(=O)[C@H](C(C)C)N(C)C(=O)C2(CCCC2)NC(=O)[C@@H]2CCCN2C(=O)[C@H](CCC2CCC(C(F)(F)F)C(Cl)C2)NC(=O)CN(C)C(=O)[C@H](CC2CCC(C)CC2)N(C)C(=O)[C@@H]2CCN2C(=O)[C@H](C)N(C)C1=O. The Labute approximate surface area is 560 Å². The average molecular weight is 1350 g/mol. The van der Waals surface area contributed by atoms with E-state index in [4.69, 9.17) is 11.6 Å². The monoisotopic (exact) mass is 1350 g/mol. The highest BCUT2D eigenvalue weighted by Gasteiger charge is 2.52. The Balaban J connectivity index is 1.38. The molecule has 0 aromatic carbocycles. The molecule has 3 aliphatic heterocycles. The number of carbonyl (C=O) groups is 11. The molecule has 3 saturated carbocycles. The lowest BCUT2D eigenvalue weighted by molar-refractivity contribution is -0.182. The van der Waals surface area contributed by atoms with Crippen LogP contribution in [0.25, 0.3) is 0 Å². The molecule has 13 atom stereocenters. The number of hydrogen-bond acceptors (Lipinski definition) is 11. The second-order valence-electron chi connectivity index (χ2n) is 29.6. The largest absolute Gasteiger partial charge is 0.393 e. The molecule has 3 aliphatic carbocycles. The second-order valence-corrected chi connectivity index (χ2v) is 30.2. The van der Waals surface area contributed by atoms with Crippen LogP contribution in [0.4, 0.5) is 13.2 Å². The molecule has 1 spiro atoms. The Kier molecular flexibility index (Phi) is 27.1. The van der Waals surface area contributed by atoms with Gasteiger partial charge >= 0.3 is 6.18 Å². The molecule has 6 fully saturated rings. The van der Waals surface area contributed by atoms with Crippen molar-refractivity contribution in [1.29, 1.82) is 0 Å². The van der Waals surface area contributed by atoms with Gasteiger partial charge in [0.2, 0.25) is 65.0 Å². The van der Waals surface area contributed by atoms with Crippen molar-refractivity contribution in [2.75, 3.05) is 61.9 Å². The highest BCUT2D eigenvalue weighted by molar-refractivity contribution is 6.20. The van der Waals surface area contributed by atoms with Crippen LogP contribution in [-0.4, -0.2) is 238 Å². The molecule has 3 unspecified atom stereocenters. The number of halogens is 4. The van der Waals surface area contributed by atoms with Gasteiger partial charge in [0.25, 0.3) is 0 Å². The molecular weight excluding hydrogens is 1240 g/mol. The van der Waals surface area contributed by atoms with Crippen LogP contribution in [0.2, 0.25) is 0 Å². The number of rotatable bonds is 10. The summed E-state index contributed by atoms with van der Waals surface area (Å²) in [5, 5.41) is 7.64. The van der Waals surface area contributed by atoms with E-state index in [1.165, 1.54) is 81.5 Å². The fourth-order valence-electron chi connectivity index (χ4n) is 15.2. The molecule has 0 radical (unpaired) electrons. The first kappa shape index (κ1) is 77.3. The maximum absolute atomic E-state index is 15.2. The van der Waals surface area contributed by atoms with Crippen molar-refractivity contribution in [3.8, 4) is 0 Å². The van der Waals surface area contributed by atoms with Gasteiger partial charge in [-0.05, 0) is 126 Å². The zero-order chi connectivity index (χ0) is 70.2. The fraction of sp³-hybridized carbons (Fsp3) is 0.838. The van der Waals surface area contributed by atoms with Crippen molar-refractivity contribution in [3.05, 3.63) is 0 Å². The topological polar surface area (TPSA) is 250 Å². The summed E-state index contributed by atoms with van der Waals surface area (Å²) in [5.41, 5.74) is -1.48. The summed E-state index contributed by atoms with van der Waals surface area (Å²) in [6.07, 6.45) is 2.17. The van der Waals surface area contributed by atoms with Gasteiger partial charge in [0, 0.05) is 73.2 Å². The molecule has 11 amide bonds. The van der Waals surface area contributed by atoms with Crippen LogP contribution >= 0.6 is 11.6 Å². The molecule has 0 bridgehead atoms. The number of alkyl halides is 4. The van der Waals surface area contributed by atoms with Crippen LogP contribution in [-0.2, 0) is 52.7 Å². The lowest BCUT2D eigenvalue weighted by atomic mass is 9.78. The van der Waals surface area contributed by atoms with Crippen molar-refractivity contribution in [1.82, 2.24) is 55.1 Å². The Bertz CT molecular complexity index is 2730. The first-order valence-corrected chi connectivity index (χ1v) is 35.2. The highest BCUT2D eigenvalue weighted by Crippen LogP contribution is 2.44. The van der Waals surface area contributed by atoms with Gasteiger partial charge in [0.05, 0.1) is 12.5 Å². The van der Waals surface area contributed by atoms with E-state index in [0.717, 1.165) is 25.7 Å². The van der Waals surface area contributed by atoms with E-state index in [9.17, 15) is 56.3 Å². The van der Waals surface area contributed by atoms with Crippen molar-refractivity contribution >= 4 is 76.6 Å². The number of hydrogen-bond donors (Lipinski definition) is 3. The van der Waals surface area contributed by atoms with E-state index < -0.39 is 161 Å². The Morgan fingerprint density at radius 2 is 1.22 bits per heavy atom. The van der Waals surface area contributed by atoms with E-state index in [1.54, 1.807) is 34.6 Å². The summed E-state index contributed by atoms with van der Waals surface area (Å²) in [5.74, 6) is -8.76. The number of nitrogens with one attached hydrogen (secondary N) is 3. The first-order valence-electron chi connectivity index (χ1n) is 34.8. The zero-order valence-corrected chi connectivity index (χ0v) is 59.4. The second kappa shape index (κ2) is 33.0. The molecule has 0 aromatic heterocycles. The quantitative estimate of drug-likeness (QED) is 0.204. The van der Waals surface area contributed by atoms with E-state index in [-0.39, 0.29) is 108 Å². The van der Waals surface area contributed by atoms with Crippen LogP contribution in [0.3, 0.4) is 0 Å². The van der Waals surface area contributed by atoms with Crippen molar-refractivity contribution in [2.24, 2.45) is 41.4 Å². The summed E-state index contributed by atoms with van der Waals surface area (Å²) in [6.45, 7) is 16.1. The normalized spacial score (nSPS) is 32.6. The molecular formula is C68H111ClF3N11O11. The highest BCUT2D eigenvalue weighted by atomic mass is 35.5. The number of amides is 11. The molecule has 94 heavy (non-hydrogen) atoms. The van der Waals surface area contributed by atoms with Gasteiger partial charge in [-0.2, -0.15) is 13.2 Å². The maximum atomic E-state index is 15.2. The van der Waals surface area contributed by atoms with Crippen LogP contribution < -0.4 is 16.0 Å². The smallest absolute Gasteiger partial charge is 0.343 e. The summed E-state index contributed by atoms with van der Waals surface area (Å²) >= 11 is 6.39. The van der Waals surface area contributed by atoms with Gasteiger partial charge in [-0.15, -0.1) is 11.6 Å². The third kappa shape index (κ3) is 18.3. The van der Waals surface area contributed by atoms with Crippen molar-refractivity contribution in [2.45, 2.75) is 262 Å². The number of fused-ring (bicyclic) bond motifs is 2. The van der Waals surface area contributed by atoms with Gasteiger partial charge in [0.1, 0.15) is 53.9 Å². The Morgan fingerprint density at radius 3 is 1.79 bits per heavy atom. The van der Waals surface area contributed by atoms with Gasteiger partial charge in [-0.25, -0.2) is 0 Å². The molecule has 6 rings (SSSR count). The van der Waals surface area contributed by atoms with Crippen LogP contribution in [0.15, 0.2) is 0 Å². The molecule has 532 valence electrons. The molecule has 3 saturated heterocycles. The van der Waals surface area contributed by atoms with Gasteiger partial charge in [-0.1, -0.05) is 93.4 Å². The zero-order valence-electron chi connectivity index (χ0n) is 58.7. The van der Waals surface area contributed by atoms with E-state index in [0.29, 0.717) is 31.6 Å². The maximum Gasteiger partial charge on any atom is 0.393 e. The molecule has 22 nitrogen and oxygen atoms in total. The Morgan fingerprint density at radius 1 is 0.606 bits per heavy atom. The van der Waals surface area contributed by atoms with Crippen LogP contribution in [0.1, 0.15) is 191 Å². The van der Waals surface area contributed by atoms with Crippen LogP contribution in [0.5, 0.6) is 0 Å². The van der Waals surface area contributed by atoms with E-state index >= 15 is 9.59 Å².